The number of nitrogens with zero attached hydrogens (tertiary/aromatic N) is 1. The maximum atomic E-state index is 5.70. The van der Waals surface area contributed by atoms with Crippen LogP contribution in [-0.4, -0.2) is 27.8 Å². The Morgan fingerprint density at radius 3 is 2.53 bits per heavy atom. The van der Waals surface area contributed by atoms with Gasteiger partial charge in [0.25, 0.3) is 0 Å². The molecule has 0 saturated carbocycles. The summed E-state index contributed by atoms with van der Waals surface area (Å²) >= 11 is 0. The summed E-state index contributed by atoms with van der Waals surface area (Å²) < 4.78 is 11.0. The summed E-state index contributed by atoms with van der Waals surface area (Å²) in [5.41, 5.74) is 1.04. The van der Waals surface area contributed by atoms with Gasteiger partial charge in [-0.15, -0.1) is 0 Å². The van der Waals surface area contributed by atoms with Gasteiger partial charge in [0.05, 0.1) is 19.4 Å². The predicted octanol–water partition coefficient (Wildman–Crippen LogP) is 2.55. The van der Waals surface area contributed by atoms with Gasteiger partial charge in [0.15, 0.2) is 11.5 Å². The molecule has 0 atom stereocenters. The molecular weight excluding hydrogens is 190 g/mol. The van der Waals surface area contributed by atoms with E-state index in [4.69, 9.17) is 9.47 Å². The zero-order valence-electron chi connectivity index (χ0n) is 9.91. The molecule has 1 aromatic carbocycles. The first-order chi connectivity index (χ1) is 7.20. The van der Waals surface area contributed by atoms with Crippen LogP contribution in [-0.2, 0) is 0 Å². The van der Waals surface area contributed by atoms with E-state index in [0.29, 0.717) is 6.61 Å². The Morgan fingerprint density at radius 2 is 2.00 bits per heavy atom. The zero-order valence-corrected chi connectivity index (χ0v) is 9.91. The van der Waals surface area contributed by atoms with Crippen LogP contribution in [0.15, 0.2) is 18.2 Å². The van der Waals surface area contributed by atoms with Crippen molar-refractivity contribution >= 4 is 5.69 Å². The molecule has 0 amide bonds. The van der Waals surface area contributed by atoms with E-state index in [1.807, 2.05) is 37.2 Å². The topological polar surface area (TPSA) is 21.7 Å². The SMILES string of the molecule is CCCOc1c(OC)cccc1N(C)C. The molecule has 0 unspecified atom stereocenters. The number of hydrogen-bond acceptors (Lipinski definition) is 3. The molecule has 0 radical (unpaired) electrons. The van der Waals surface area contributed by atoms with E-state index in [-0.39, 0.29) is 0 Å². The molecule has 1 rings (SSSR count). The number of anilines is 1. The van der Waals surface area contributed by atoms with Crippen LogP contribution in [0.1, 0.15) is 13.3 Å². The molecule has 0 bridgehead atoms. The van der Waals surface area contributed by atoms with Crippen molar-refractivity contribution in [2.45, 2.75) is 13.3 Å². The third kappa shape index (κ3) is 2.78. The average Bonchev–Trinajstić information content (AvgIpc) is 2.25. The summed E-state index contributed by atoms with van der Waals surface area (Å²) in [6.45, 7) is 2.80. The molecule has 0 aliphatic carbocycles. The van der Waals surface area contributed by atoms with Gasteiger partial charge in [-0.25, -0.2) is 0 Å². The number of ether oxygens (including phenoxy) is 2. The number of hydrogen-bond donors (Lipinski definition) is 0. The largest absolute Gasteiger partial charge is 0.493 e. The molecule has 0 fully saturated rings. The van der Waals surface area contributed by atoms with Crippen molar-refractivity contribution in [1.29, 1.82) is 0 Å². The van der Waals surface area contributed by atoms with Crippen molar-refractivity contribution < 1.29 is 9.47 Å². The van der Waals surface area contributed by atoms with E-state index in [9.17, 15) is 0 Å². The molecule has 0 heterocycles. The van der Waals surface area contributed by atoms with Gasteiger partial charge in [0, 0.05) is 14.1 Å². The van der Waals surface area contributed by atoms with Crippen LogP contribution >= 0.6 is 0 Å². The molecule has 0 saturated heterocycles. The molecule has 84 valence electrons. The van der Waals surface area contributed by atoms with Gasteiger partial charge in [-0.3, -0.25) is 0 Å². The van der Waals surface area contributed by atoms with Gasteiger partial charge >= 0.3 is 0 Å². The Balaban J connectivity index is 3.03. The normalized spacial score (nSPS) is 9.87. The van der Waals surface area contributed by atoms with Crippen LogP contribution in [0.4, 0.5) is 5.69 Å². The maximum Gasteiger partial charge on any atom is 0.184 e. The maximum absolute atomic E-state index is 5.70. The van der Waals surface area contributed by atoms with Crippen molar-refractivity contribution in [2.75, 3.05) is 32.7 Å². The molecule has 3 heteroatoms. The lowest BCUT2D eigenvalue weighted by Crippen LogP contribution is -2.11. The first kappa shape index (κ1) is 11.7. The Hall–Kier alpha value is -1.38. The van der Waals surface area contributed by atoms with Crippen molar-refractivity contribution in [3.05, 3.63) is 18.2 Å². The Morgan fingerprint density at radius 1 is 1.27 bits per heavy atom. The second kappa shape index (κ2) is 5.49. The zero-order chi connectivity index (χ0) is 11.3. The molecule has 0 aromatic heterocycles. The fraction of sp³-hybridized carbons (Fsp3) is 0.500. The lowest BCUT2D eigenvalue weighted by atomic mass is 10.2. The standard InChI is InChI=1S/C12H19NO2/c1-5-9-15-12-10(13(2)3)7-6-8-11(12)14-4/h6-8H,5,9H2,1-4H3. The Bertz CT molecular complexity index is 310. The molecule has 0 aliphatic heterocycles. The quantitative estimate of drug-likeness (QED) is 0.744. The third-order valence-electron chi connectivity index (χ3n) is 2.11. The highest BCUT2D eigenvalue weighted by molar-refractivity contribution is 5.64. The van der Waals surface area contributed by atoms with E-state index >= 15 is 0 Å². The molecule has 0 aliphatic rings. The fourth-order valence-electron chi connectivity index (χ4n) is 1.37. The Labute approximate surface area is 91.6 Å². The number of rotatable bonds is 5. The summed E-state index contributed by atoms with van der Waals surface area (Å²) in [5.74, 6) is 1.61. The fourth-order valence-corrected chi connectivity index (χ4v) is 1.37. The minimum atomic E-state index is 0.710. The van der Waals surface area contributed by atoms with Gasteiger partial charge in [0.1, 0.15) is 0 Å². The summed E-state index contributed by atoms with van der Waals surface area (Å²) in [6, 6.07) is 5.90. The lowest BCUT2D eigenvalue weighted by molar-refractivity contribution is 0.295. The summed E-state index contributed by atoms with van der Waals surface area (Å²) in [7, 11) is 5.65. The van der Waals surface area contributed by atoms with Crippen molar-refractivity contribution in [3.8, 4) is 11.5 Å². The summed E-state index contributed by atoms with van der Waals surface area (Å²) in [5, 5.41) is 0. The first-order valence-electron chi connectivity index (χ1n) is 5.17. The van der Waals surface area contributed by atoms with Gasteiger partial charge in [-0.2, -0.15) is 0 Å². The van der Waals surface area contributed by atoms with Crippen LogP contribution in [0.5, 0.6) is 11.5 Å². The molecule has 0 spiro atoms. The van der Waals surface area contributed by atoms with Crippen molar-refractivity contribution in [1.82, 2.24) is 0 Å². The highest BCUT2D eigenvalue weighted by atomic mass is 16.5. The predicted molar refractivity (Wildman–Crippen MR) is 63.1 cm³/mol. The van der Waals surface area contributed by atoms with Crippen molar-refractivity contribution in [3.63, 3.8) is 0 Å². The van der Waals surface area contributed by atoms with Gasteiger partial charge in [-0.1, -0.05) is 13.0 Å². The van der Waals surface area contributed by atoms with E-state index in [1.165, 1.54) is 0 Å². The lowest BCUT2D eigenvalue weighted by Gasteiger charge is -2.19. The van der Waals surface area contributed by atoms with Gasteiger partial charge in [0.2, 0.25) is 0 Å². The minimum Gasteiger partial charge on any atom is -0.493 e. The Kier molecular flexibility index (Phi) is 4.28. The van der Waals surface area contributed by atoms with E-state index in [2.05, 4.69) is 6.92 Å². The van der Waals surface area contributed by atoms with Crippen LogP contribution in [0, 0.1) is 0 Å². The number of methoxy groups -OCH3 is 1. The van der Waals surface area contributed by atoms with E-state index in [1.54, 1.807) is 7.11 Å². The van der Waals surface area contributed by atoms with E-state index in [0.717, 1.165) is 23.6 Å². The second-order valence-corrected chi connectivity index (χ2v) is 3.55. The number of para-hydroxylation sites is 1. The first-order valence-corrected chi connectivity index (χ1v) is 5.17. The highest BCUT2D eigenvalue weighted by Gasteiger charge is 2.11. The number of benzene rings is 1. The third-order valence-corrected chi connectivity index (χ3v) is 2.11. The molecule has 3 nitrogen and oxygen atoms in total. The van der Waals surface area contributed by atoms with Crippen LogP contribution in [0.3, 0.4) is 0 Å². The molecule has 0 N–H and O–H groups in total. The van der Waals surface area contributed by atoms with E-state index < -0.39 is 0 Å². The summed E-state index contributed by atoms with van der Waals surface area (Å²) in [4.78, 5) is 2.02. The monoisotopic (exact) mass is 209 g/mol. The smallest absolute Gasteiger partial charge is 0.184 e. The molecular formula is C12H19NO2. The second-order valence-electron chi connectivity index (χ2n) is 3.55. The van der Waals surface area contributed by atoms with Crippen molar-refractivity contribution in [2.24, 2.45) is 0 Å². The molecule has 15 heavy (non-hydrogen) atoms. The highest BCUT2D eigenvalue weighted by Crippen LogP contribution is 2.36. The van der Waals surface area contributed by atoms with Gasteiger partial charge < -0.3 is 14.4 Å². The summed E-state index contributed by atoms with van der Waals surface area (Å²) in [6.07, 6.45) is 0.991. The average molecular weight is 209 g/mol. The van der Waals surface area contributed by atoms with Crippen LogP contribution in [0.2, 0.25) is 0 Å². The molecule has 1 aromatic rings. The minimum absolute atomic E-state index is 0.710. The van der Waals surface area contributed by atoms with Crippen LogP contribution in [0.25, 0.3) is 0 Å². The van der Waals surface area contributed by atoms with Gasteiger partial charge in [-0.05, 0) is 18.6 Å². The van der Waals surface area contributed by atoms with Crippen LogP contribution < -0.4 is 14.4 Å².